The van der Waals surface area contributed by atoms with Crippen molar-refractivity contribution in [1.82, 2.24) is 5.32 Å². The molecule has 1 amide bonds. The molecule has 0 aliphatic heterocycles. The maximum Gasteiger partial charge on any atom is 0.253 e. The van der Waals surface area contributed by atoms with E-state index in [0.29, 0.717) is 12.1 Å². The van der Waals surface area contributed by atoms with Crippen LogP contribution in [0.3, 0.4) is 0 Å². The molecule has 1 rings (SSSR count). The van der Waals surface area contributed by atoms with Gasteiger partial charge in [-0.25, -0.2) is 0 Å². The minimum absolute atomic E-state index is 0.0342. The Labute approximate surface area is 82.5 Å². The van der Waals surface area contributed by atoms with Crippen molar-refractivity contribution in [2.75, 3.05) is 13.2 Å². The van der Waals surface area contributed by atoms with Crippen molar-refractivity contribution in [3.8, 4) is 0 Å². The van der Waals surface area contributed by atoms with Gasteiger partial charge in [0, 0.05) is 6.54 Å². The third-order valence-electron chi connectivity index (χ3n) is 1.26. The summed E-state index contributed by atoms with van der Waals surface area (Å²) < 4.78 is 0.818. The second kappa shape index (κ2) is 4.59. The van der Waals surface area contributed by atoms with E-state index in [4.69, 9.17) is 5.11 Å². The van der Waals surface area contributed by atoms with Gasteiger partial charge in [0.2, 0.25) is 0 Å². The molecule has 1 aromatic rings. The van der Waals surface area contributed by atoms with Crippen molar-refractivity contribution in [1.29, 1.82) is 0 Å². The van der Waals surface area contributed by atoms with Gasteiger partial charge in [-0.05, 0) is 27.4 Å². The maximum atomic E-state index is 11.2. The molecule has 2 N–H and O–H groups in total. The van der Waals surface area contributed by atoms with Crippen LogP contribution in [0.1, 0.15) is 10.4 Å². The Morgan fingerprint density at radius 1 is 1.75 bits per heavy atom. The van der Waals surface area contributed by atoms with Gasteiger partial charge in [-0.1, -0.05) is 0 Å². The highest BCUT2D eigenvalue weighted by molar-refractivity contribution is 9.11. The predicted molar refractivity (Wildman–Crippen MR) is 51.4 cm³/mol. The van der Waals surface area contributed by atoms with Crippen LogP contribution >= 0.6 is 27.3 Å². The molecule has 5 heteroatoms. The largest absolute Gasteiger partial charge is 0.395 e. The zero-order valence-electron chi connectivity index (χ0n) is 6.21. The fourth-order valence-corrected chi connectivity index (χ4v) is 1.97. The minimum Gasteiger partial charge on any atom is -0.395 e. The van der Waals surface area contributed by atoms with E-state index in [1.54, 1.807) is 6.07 Å². The summed E-state index contributed by atoms with van der Waals surface area (Å²) in [5.74, 6) is -0.155. The molecule has 1 aromatic heterocycles. The van der Waals surface area contributed by atoms with Crippen LogP contribution in [0.15, 0.2) is 15.2 Å². The predicted octanol–water partition coefficient (Wildman–Crippen LogP) is 1.23. The van der Waals surface area contributed by atoms with E-state index in [-0.39, 0.29) is 12.5 Å². The van der Waals surface area contributed by atoms with Gasteiger partial charge in [0.05, 0.1) is 16.0 Å². The summed E-state index contributed by atoms with van der Waals surface area (Å²) in [4.78, 5) is 11.2. The average Bonchev–Trinajstić information content (AvgIpc) is 2.47. The Morgan fingerprint density at radius 3 is 3.00 bits per heavy atom. The van der Waals surface area contributed by atoms with Crippen LogP contribution in [0, 0.1) is 0 Å². The molecule has 0 radical (unpaired) electrons. The highest BCUT2D eigenvalue weighted by Gasteiger charge is 2.09. The highest BCUT2D eigenvalue weighted by atomic mass is 79.9. The molecule has 66 valence electrons. The van der Waals surface area contributed by atoms with Crippen LogP contribution in [0.5, 0.6) is 0 Å². The lowest BCUT2D eigenvalue weighted by Crippen LogP contribution is -2.26. The number of aliphatic hydroxyl groups is 1. The molecule has 0 saturated carbocycles. The molecule has 3 nitrogen and oxygen atoms in total. The molecule has 12 heavy (non-hydrogen) atoms. The lowest BCUT2D eigenvalue weighted by Gasteiger charge is -2.00. The van der Waals surface area contributed by atoms with Crippen molar-refractivity contribution in [2.45, 2.75) is 0 Å². The van der Waals surface area contributed by atoms with Gasteiger partial charge in [-0.2, -0.15) is 0 Å². The number of hydrogen-bond acceptors (Lipinski definition) is 3. The fraction of sp³-hybridized carbons (Fsp3) is 0.286. The molecule has 0 aromatic carbocycles. The van der Waals surface area contributed by atoms with Gasteiger partial charge in [-0.15, -0.1) is 11.3 Å². The van der Waals surface area contributed by atoms with Crippen molar-refractivity contribution >= 4 is 33.2 Å². The fourth-order valence-electron chi connectivity index (χ4n) is 0.720. The number of thiophene rings is 1. The summed E-state index contributed by atoms with van der Waals surface area (Å²) in [6.45, 7) is 0.259. The second-order valence-electron chi connectivity index (χ2n) is 2.09. The topological polar surface area (TPSA) is 49.3 Å². The SMILES string of the molecule is O=C(NCCO)c1ccsc1Br. The summed E-state index contributed by atoms with van der Waals surface area (Å²) in [5, 5.41) is 12.9. The quantitative estimate of drug-likeness (QED) is 0.847. The van der Waals surface area contributed by atoms with Crippen molar-refractivity contribution in [2.24, 2.45) is 0 Å². The van der Waals surface area contributed by atoms with E-state index in [0.717, 1.165) is 3.79 Å². The van der Waals surface area contributed by atoms with E-state index < -0.39 is 0 Å². The van der Waals surface area contributed by atoms with Gasteiger partial charge in [0.25, 0.3) is 5.91 Å². The third kappa shape index (κ3) is 2.30. The molecule has 0 unspecified atom stereocenters. The van der Waals surface area contributed by atoms with E-state index >= 15 is 0 Å². The molecule has 0 atom stereocenters. The maximum absolute atomic E-state index is 11.2. The van der Waals surface area contributed by atoms with Gasteiger partial charge in [0.1, 0.15) is 0 Å². The van der Waals surface area contributed by atoms with Crippen molar-refractivity contribution < 1.29 is 9.90 Å². The Bertz CT molecular complexity index is 274. The van der Waals surface area contributed by atoms with E-state index in [1.807, 2.05) is 5.38 Å². The Kier molecular flexibility index (Phi) is 3.71. The Hall–Kier alpha value is -0.390. The highest BCUT2D eigenvalue weighted by Crippen LogP contribution is 2.22. The number of amides is 1. The average molecular weight is 250 g/mol. The monoisotopic (exact) mass is 249 g/mol. The summed E-state index contributed by atoms with van der Waals surface area (Å²) in [6.07, 6.45) is 0. The first-order valence-electron chi connectivity index (χ1n) is 3.37. The Morgan fingerprint density at radius 2 is 2.50 bits per heavy atom. The molecular formula is C7H8BrNO2S. The third-order valence-corrected chi connectivity index (χ3v) is 2.95. The van der Waals surface area contributed by atoms with Crippen molar-refractivity contribution in [3.05, 3.63) is 20.8 Å². The van der Waals surface area contributed by atoms with Gasteiger partial charge >= 0.3 is 0 Å². The zero-order valence-corrected chi connectivity index (χ0v) is 8.61. The summed E-state index contributed by atoms with van der Waals surface area (Å²) in [5.41, 5.74) is 0.619. The molecule has 0 aliphatic rings. The number of carbonyl (C=O) groups is 1. The molecule has 0 bridgehead atoms. The molecule has 0 fully saturated rings. The van der Waals surface area contributed by atoms with E-state index in [2.05, 4.69) is 21.2 Å². The van der Waals surface area contributed by atoms with Crippen LogP contribution in [-0.2, 0) is 0 Å². The lowest BCUT2D eigenvalue weighted by molar-refractivity contribution is 0.0944. The number of halogens is 1. The minimum atomic E-state index is -0.155. The number of nitrogens with one attached hydrogen (secondary N) is 1. The number of aliphatic hydroxyl groups excluding tert-OH is 1. The van der Waals surface area contributed by atoms with Crippen LogP contribution in [0.4, 0.5) is 0 Å². The normalized spacial score (nSPS) is 9.83. The number of rotatable bonds is 3. The standard InChI is InChI=1S/C7H8BrNO2S/c8-6-5(1-4-12-6)7(11)9-2-3-10/h1,4,10H,2-3H2,(H,9,11). The van der Waals surface area contributed by atoms with Crippen LogP contribution in [-0.4, -0.2) is 24.2 Å². The van der Waals surface area contributed by atoms with E-state index in [9.17, 15) is 4.79 Å². The lowest BCUT2D eigenvalue weighted by atomic mass is 10.3. The van der Waals surface area contributed by atoms with Crippen molar-refractivity contribution in [3.63, 3.8) is 0 Å². The zero-order chi connectivity index (χ0) is 8.97. The van der Waals surface area contributed by atoms with Gasteiger partial charge < -0.3 is 10.4 Å². The van der Waals surface area contributed by atoms with Gasteiger partial charge in [-0.3, -0.25) is 4.79 Å². The van der Waals surface area contributed by atoms with Crippen LogP contribution in [0.25, 0.3) is 0 Å². The number of carbonyl (C=O) groups excluding carboxylic acids is 1. The summed E-state index contributed by atoms with van der Waals surface area (Å²) >= 11 is 4.71. The first-order chi connectivity index (χ1) is 5.75. The molecule has 0 saturated heterocycles. The summed E-state index contributed by atoms with van der Waals surface area (Å²) in [7, 11) is 0. The van der Waals surface area contributed by atoms with Gasteiger partial charge in [0.15, 0.2) is 0 Å². The first kappa shape index (κ1) is 9.70. The molecule has 0 aliphatic carbocycles. The van der Waals surface area contributed by atoms with Crippen LogP contribution in [0.2, 0.25) is 0 Å². The Balaban J connectivity index is 2.59. The molecule has 1 heterocycles. The first-order valence-corrected chi connectivity index (χ1v) is 5.05. The molecular weight excluding hydrogens is 242 g/mol. The number of hydrogen-bond donors (Lipinski definition) is 2. The smallest absolute Gasteiger partial charge is 0.253 e. The van der Waals surface area contributed by atoms with E-state index in [1.165, 1.54) is 11.3 Å². The molecule has 0 spiro atoms. The van der Waals surface area contributed by atoms with Crippen LogP contribution < -0.4 is 5.32 Å². The summed E-state index contributed by atoms with van der Waals surface area (Å²) in [6, 6.07) is 1.74. The second-order valence-corrected chi connectivity index (χ2v) is 4.32.